The third-order valence-corrected chi connectivity index (χ3v) is 5.28. The van der Waals surface area contributed by atoms with Crippen molar-refractivity contribution in [1.82, 2.24) is 4.98 Å². The van der Waals surface area contributed by atoms with Gasteiger partial charge in [0.25, 0.3) is 0 Å². The predicted molar refractivity (Wildman–Crippen MR) is 113 cm³/mol. The van der Waals surface area contributed by atoms with E-state index in [-0.39, 0.29) is 36.6 Å². The molecule has 0 aliphatic carbocycles. The van der Waals surface area contributed by atoms with Crippen LogP contribution in [0.5, 0.6) is 0 Å². The van der Waals surface area contributed by atoms with E-state index < -0.39 is 30.2 Å². The van der Waals surface area contributed by atoms with Gasteiger partial charge in [0.15, 0.2) is 6.61 Å². The Morgan fingerprint density at radius 1 is 1.03 bits per heavy atom. The van der Waals surface area contributed by atoms with Gasteiger partial charge in [-0.25, -0.2) is 4.79 Å². The minimum Gasteiger partial charge on any atom is -0.462 e. The average molecular weight is 426 g/mol. The zero-order valence-corrected chi connectivity index (χ0v) is 18.1. The number of ether oxygens (including phenoxy) is 2. The van der Waals surface area contributed by atoms with E-state index in [1.165, 1.54) is 0 Å². The molecule has 164 valence electrons. The van der Waals surface area contributed by atoms with Gasteiger partial charge in [0.2, 0.25) is 11.7 Å². The first kappa shape index (κ1) is 22.3. The number of anilines is 1. The Balaban J connectivity index is 1.65. The number of nitrogens with zero attached hydrogens (tertiary/aromatic N) is 1. The fraction of sp³-hybridized carbons (Fsp3) is 0.391. The van der Waals surface area contributed by atoms with Crippen molar-refractivity contribution in [3.8, 4) is 0 Å². The highest BCUT2D eigenvalue weighted by Gasteiger charge is 2.36. The molecule has 1 atom stereocenters. The van der Waals surface area contributed by atoms with Gasteiger partial charge in [-0.15, -0.1) is 0 Å². The summed E-state index contributed by atoms with van der Waals surface area (Å²) in [4.78, 5) is 54.3. The maximum absolute atomic E-state index is 12.7. The number of hydrogen-bond donors (Lipinski definition) is 1. The zero-order chi connectivity index (χ0) is 22.7. The van der Waals surface area contributed by atoms with E-state index in [1.54, 1.807) is 25.7 Å². The number of aromatic amines is 1. The predicted octanol–water partition coefficient (Wildman–Crippen LogP) is 2.90. The van der Waals surface area contributed by atoms with Crippen LogP contribution in [0.2, 0.25) is 0 Å². The number of carbonyl (C=O) groups excluding carboxylic acids is 4. The molecule has 0 saturated carbocycles. The van der Waals surface area contributed by atoms with Gasteiger partial charge >= 0.3 is 11.9 Å². The van der Waals surface area contributed by atoms with Crippen molar-refractivity contribution in [3.05, 3.63) is 52.3 Å². The molecular weight excluding hydrogens is 400 g/mol. The highest BCUT2D eigenvalue weighted by Crippen LogP contribution is 2.26. The Bertz CT molecular complexity index is 1020. The lowest BCUT2D eigenvalue weighted by atomic mass is 10.0. The number of ketones is 1. The maximum atomic E-state index is 12.7. The third-order valence-electron chi connectivity index (χ3n) is 5.28. The molecule has 0 radical (unpaired) electrons. The molecule has 1 aromatic heterocycles. The van der Waals surface area contributed by atoms with Crippen LogP contribution in [0.4, 0.5) is 5.69 Å². The number of Topliss-reactive ketones (excluding diaryl/α,β-unsaturated/α-hetero) is 1. The largest absolute Gasteiger partial charge is 0.462 e. The Labute approximate surface area is 180 Å². The second kappa shape index (κ2) is 9.16. The molecule has 1 unspecified atom stereocenters. The van der Waals surface area contributed by atoms with Crippen molar-refractivity contribution in [2.75, 3.05) is 24.7 Å². The van der Waals surface area contributed by atoms with Gasteiger partial charge in [0.05, 0.1) is 23.7 Å². The summed E-state index contributed by atoms with van der Waals surface area (Å²) in [6.07, 6.45) is 0.0251. The Hall–Kier alpha value is -3.42. The number of H-pyrrole nitrogens is 1. The first-order valence-corrected chi connectivity index (χ1v) is 10.2. The zero-order valence-electron chi connectivity index (χ0n) is 18.1. The highest BCUT2D eigenvalue weighted by molar-refractivity contribution is 6.09. The number of rotatable bonds is 7. The number of benzene rings is 1. The SMILES string of the molecule is CCOC(=O)c1c(C)[nH]c(C)c1C(=O)COC(=O)C1CC(=O)N(c2ccc(C)cc2)C1. The fourth-order valence-corrected chi connectivity index (χ4v) is 3.75. The van der Waals surface area contributed by atoms with Crippen LogP contribution in [-0.4, -0.2) is 48.4 Å². The summed E-state index contributed by atoms with van der Waals surface area (Å²) in [7, 11) is 0. The van der Waals surface area contributed by atoms with Crippen LogP contribution < -0.4 is 4.90 Å². The summed E-state index contributed by atoms with van der Waals surface area (Å²) < 4.78 is 10.3. The van der Waals surface area contributed by atoms with E-state index >= 15 is 0 Å². The molecule has 1 fully saturated rings. The second-order valence-corrected chi connectivity index (χ2v) is 7.62. The van der Waals surface area contributed by atoms with Crippen LogP contribution in [0, 0.1) is 26.7 Å². The van der Waals surface area contributed by atoms with E-state index in [9.17, 15) is 19.2 Å². The van der Waals surface area contributed by atoms with Crippen LogP contribution >= 0.6 is 0 Å². The van der Waals surface area contributed by atoms with Crippen molar-refractivity contribution in [2.24, 2.45) is 5.92 Å². The monoisotopic (exact) mass is 426 g/mol. The molecule has 0 spiro atoms. The lowest BCUT2D eigenvalue weighted by molar-refractivity contribution is -0.147. The van der Waals surface area contributed by atoms with Crippen molar-refractivity contribution in [2.45, 2.75) is 34.1 Å². The summed E-state index contributed by atoms with van der Waals surface area (Å²) in [6, 6.07) is 7.46. The number of carbonyl (C=O) groups is 4. The van der Waals surface area contributed by atoms with Gasteiger partial charge in [-0.2, -0.15) is 0 Å². The molecule has 1 N–H and O–H groups in total. The third kappa shape index (κ3) is 4.68. The summed E-state index contributed by atoms with van der Waals surface area (Å²) in [6.45, 7) is 6.83. The van der Waals surface area contributed by atoms with Crippen LogP contribution in [0.1, 0.15) is 51.0 Å². The number of hydrogen-bond acceptors (Lipinski definition) is 6. The van der Waals surface area contributed by atoms with Crippen molar-refractivity contribution >= 4 is 29.3 Å². The van der Waals surface area contributed by atoms with E-state index in [4.69, 9.17) is 9.47 Å². The normalized spacial score (nSPS) is 15.8. The lowest BCUT2D eigenvalue weighted by Gasteiger charge is -2.16. The topological polar surface area (TPSA) is 106 Å². The lowest BCUT2D eigenvalue weighted by Crippen LogP contribution is -2.27. The molecule has 3 rings (SSSR count). The Morgan fingerprint density at radius 2 is 1.68 bits per heavy atom. The number of aryl methyl sites for hydroxylation is 3. The van der Waals surface area contributed by atoms with Crippen molar-refractivity contribution in [3.63, 3.8) is 0 Å². The smallest absolute Gasteiger partial charge is 0.340 e. The van der Waals surface area contributed by atoms with Crippen molar-refractivity contribution < 1.29 is 28.7 Å². The summed E-state index contributed by atoms with van der Waals surface area (Å²) >= 11 is 0. The molecule has 0 bridgehead atoms. The molecule has 8 heteroatoms. The van der Waals surface area contributed by atoms with Crippen LogP contribution in [0.25, 0.3) is 0 Å². The first-order valence-electron chi connectivity index (χ1n) is 10.2. The quantitative estimate of drug-likeness (QED) is 0.539. The number of amides is 1. The molecule has 1 aliphatic heterocycles. The van der Waals surface area contributed by atoms with Crippen LogP contribution in [0.3, 0.4) is 0 Å². The molecule has 1 aromatic carbocycles. The van der Waals surface area contributed by atoms with E-state index in [1.807, 2.05) is 31.2 Å². The van der Waals surface area contributed by atoms with Gasteiger partial charge < -0.3 is 19.4 Å². The van der Waals surface area contributed by atoms with Gasteiger partial charge in [0, 0.05) is 30.0 Å². The molecule has 1 saturated heterocycles. The van der Waals surface area contributed by atoms with Crippen LogP contribution in [-0.2, 0) is 19.1 Å². The minimum atomic E-state index is -0.653. The van der Waals surface area contributed by atoms with Gasteiger partial charge in [-0.1, -0.05) is 17.7 Å². The summed E-state index contributed by atoms with van der Waals surface area (Å²) in [5.74, 6) is -2.54. The number of aromatic nitrogens is 1. The molecule has 8 nitrogen and oxygen atoms in total. The second-order valence-electron chi connectivity index (χ2n) is 7.62. The number of nitrogens with one attached hydrogen (secondary N) is 1. The van der Waals surface area contributed by atoms with Crippen molar-refractivity contribution in [1.29, 1.82) is 0 Å². The van der Waals surface area contributed by atoms with E-state index in [2.05, 4.69) is 4.98 Å². The average Bonchev–Trinajstić information content (AvgIpc) is 3.25. The summed E-state index contributed by atoms with van der Waals surface area (Å²) in [5, 5.41) is 0. The first-order chi connectivity index (χ1) is 14.7. The van der Waals surface area contributed by atoms with Gasteiger partial charge in [-0.3, -0.25) is 14.4 Å². The van der Waals surface area contributed by atoms with Gasteiger partial charge in [0.1, 0.15) is 0 Å². The molecule has 1 aliphatic rings. The highest BCUT2D eigenvalue weighted by atomic mass is 16.5. The van der Waals surface area contributed by atoms with E-state index in [0.717, 1.165) is 11.3 Å². The molecule has 1 amide bonds. The molecular formula is C23H26N2O6. The fourth-order valence-electron chi connectivity index (χ4n) is 3.75. The molecule has 2 aromatic rings. The molecule has 2 heterocycles. The van der Waals surface area contributed by atoms with Crippen LogP contribution in [0.15, 0.2) is 24.3 Å². The molecule has 31 heavy (non-hydrogen) atoms. The Kier molecular flexibility index (Phi) is 6.58. The standard InChI is InChI=1S/C23H26N2O6/c1-5-30-23(29)21-15(4)24-14(3)20(21)18(26)12-31-22(28)16-10-19(27)25(11-16)17-8-6-13(2)7-9-17/h6-9,16,24H,5,10-12H2,1-4H3. The number of esters is 2. The van der Waals surface area contributed by atoms with Gasteiger partial charge in [-0.05, 0) is 39.8 Å². The summed E-state index contributed by atoms with van der Waals surface area (Å²) in [5.41, 5.74) is 3.13. The Morgan fingerprint density at radius 3 is 2.32 bits per heavy atom. The maximum Gasteiger partial charge on any atom is 0.340 e. The minimum absolute atomic E-state index is 0.0251. The van der Waals surface area contributed by atoms with E-state index in [0.29, 0.717) is 11.4 Å².